The van der Waals surface area contributed by atoms with Crippen molar-refractivity contribution in [2.24, 2.45) is 4.99 Å². The molecule has 5 heteroatoms. The number of carbonyl (C=O) groups is 2. The van der Waals surface area contributed by atoms with E-state index in [4.69, 9.17) is 0 Å². The van der Waals surface area contributed by atoms with E-state index in [1.54, 1.807) is 6.92 Å². The number of nitrogens with zero attached hydrogens (tertiary/aromatic N) is 1. The fourth-order valence-corrected chi connectivity index (χ4v) is 3.47. The molecule has 0 fully saturated rings. The quantitative estimate of drug-likeness (QED) is 0.825. The first-order chi connectivity index (χ1) is 8.01. The maximum Gasteiger partial charge on any atom is 0.233 e. The zero-order valence-corrected chi connectivity index (χ0v) is 11.1. The fourth-order valence-electron chi connectivity index (χ4n) is 1.49. The molecule has 1 unspecified atom stereocenters. The Kier molecular flexibility index (Phi) is 3.40. The first kappa shape index (κ1) is 12.4. The highest BCUT2D eigenvalue weighted by molar-refractivity contribution is 8.29. The second-order valence-corrected chi connectivity index (χ2v) is 6.28. The maximum absolute atomic E-state index is 11.9. The van der Waals surface area contributed by atoms with Crippen LogP contribution in [-0.4, -0.2) is 20.1 Å². The number of rotatable bonds is 2. The highest BCUT2D eigenvalue weighted by atomic mass is 32.2. The molecule has 0 saturated carbocycles. The Morgan fingerprint density at radius 1 is 1.35 bits per heavy atom. The lowest BCUT2D eigenvalue weighted by Gasteiger charge is -2.13. The molecular formula is C12H11NO2S2. The van der Waals surface area contributed by atoms with E-state index < -0.39 is 4.87 Å². The van der Waals surface area contributed by atoms with Crippen LogP contribution in [0.4, 0.5) is 0 Å². The van der Waals surface area contributed by atoms with Gasteiger partial charge in [-0.05, 0) is 30.4 Å². The topological polar surface area (TPSA) is 46.5 Å². The van der Waals surface area contributed by atoms with E-state index in [9.17, 15) is 9.59 Å². The van der Waals surface area contributed by atoms with Crippen LogP contribution in [0, 0.1) is 0 Å². The van der Waals surface area contributed by atoms with Gasteiger partial charge in [0.15, 0.2) is 9.99 Å². The molecule has 0 aromatic heterocycles. The van der Waals surface area contributed by atoms with Crippen LogP contribution in [0.15, 0.2) is 35.3 Å². The van der Waals surface area contributed by atoms with E-state index in [1.807, 2.05) is 30.3 Å². The van der Waals surface area contributed by atoms with Gasteiger partial charge in [-0.25, -0.2) is 0 Å². The molecule has 0 amide bonds. The van der Waals surface area contributed by atoms with Gasteiger partial charge in [-0.15, -0.1) is 0 Å². The Balaban J connectivity index is 2.31. The number of benzene rings is 1. The molecule has 2 rings (SSSR count). The number of thioether (sulfide) groups is 2. The fraction of sp³-hybridized carbons (Fsp3) is 0.250. The molecule has 0 radical (unpaired) electrons. The molecule has 0 spiro atoms. The van der Waals surface area contributed by atoms with Crippen molar-refractivity contribution in [3.05, 3.63) is 35.9 Å². The van der Waals surface area contributed by atoms with Crippen LogP contribution in [0.3, 0.4) is 0 Å². The van der Waals surface area contributed by atoms with Crippen molar-refractivity contribution in [1.29, 1.82) is 0 Å². The molecule has 17 heavy (non-hydrogen) atoms. The van der Waals surface area contributed by atoms with Crippen LogP contribution >= 0.6 is 23.5 Å². The zero-order valence-electron chi connectivity index (χ0n) is 9.47. The lowest BCUT2D eigenvalue weighted by Crippen LogP contribution is -2.24. The third-order valence-corrected chi connectivity index (χ3v) is 4.44. The monoisotopic (exact) mass is 265 g/mol. The number of carbonyl (C=O) groups excluding carboxylic acids is 2. The van der Waals surface area contributed by atoms with Gasteiger partial charge in [0.25, 0.3) is 0 Å². The van der Waals surface area contributed by atoms with Crippen LogP contribution in [0.2, 0.25) is 0 Å². The van der Waals surface area contributed by atoms with Gasteiger partial charge in [-0.3, -0.25) is 14.6 Å². The SMILES string of the molecule is CC(=O)SC1(C)N=C(c2ccccc2)SC1=O. The molecule has 1 aromatic carbocycles. The second kappa shape index (κ2) is 4.66. The molecule has 3 nitrogen and oxygen atoms in total. The van der Waals surface area contributed by atoms with Gasteiger partial charge < -0.3 is 0 Å². The van der Waals surface area contributed by atoms with Crippen LogP contribution < -0.4 is 0 Å². The third kappa shape index (κ3) is 2.61. The Hall–Kier alpha value is -1.07. The predicted octanol–water partition coefficient (Wildman–Crippen LogP) is 2.70. The maximum atomic E-state index is 11.9. The lowest BCUT2D eigenvalue weighted by atomic mass is 10.2. The van der Waals surface area contributed by atoms with Crippen LogP contribution in [-0.2, 0) is 9.59 Å². The van der Waals surface area contributed by atoms with Gasteiger partial charge in [-0.2, -0.15) is 0 Å². The van der Waals surface area contributed by atoms with E-state index in [0.717, 1.165) is 29.1 Å². The summed E-state index contributed by atoms with van der Waals surface area (Å²) in [5.74, 6) is 0. The second-order valence-electron chi connectivity index (χ2n) is 3.75. The standard InChI is InChI=1S/C12H11NO2S2/c1-8(14)17-12(2)11(15)16-10(13-12)9-6-4-3-5-7-9/h3-7H,1-2H3. The Labute approximate surface area is 108 Å². The van der Waals surface area contributed by atoms with Gasteiger partial charge in [-0.1, -0.05) is 30.3 Å². The Morgan fingerprint density at radius 2 is 2.00 bits per heavy atom. The van der Waals surface area contributed by atoms with Gasteiger partial charge in [0.05, 0.1) is 0 Å². The summed E-state index contributed by atoms with van der Waals surface area (Å²) >= 11 is 2.08. The largest absolute Gasteiger partial charge is 0.287 e. The van der Waals surface area contributed by atoms with Crippen molar-refractivity contribution < 1.29 is 9.59 Å². The summed E-state index contributed by atoms with van der Waals surface area (Å²) < 4.78 is 0. The first-order valence-corrected chi connectivity index (χ1v) is 6.72. The highest BCUT2D eigenvalue weighted by Crippen LogP contribution is 2.40. The summed E-state index contributed by atoms with van der Waals surface area (Å²) in [5, 5.41) is 0.503. The third-order valence-electron chi connectivity index (χ3n) is 2.25. The molecule has 0 aliphatic carbocycles. The van der Waals surface area contributed by atoms with Crippen molar-refractivity contribution in [3.8, 4) is 0 Å². The Bertz CT molecular complexity index is 498. The number of hydrogen-bond donors (Lipinski definition) is 0. The molecule has 1 aliphatic heterocycles. The molecule has 1 atom stereocenters. The molecular weight excluding hydrogens is 254 g/mol. The molecule has 88 valence electrons. The van der Waals surface area contributed by atoms with Crippen molar-refractivity contribution in [2.75, 3.05) is 0 Å². The van der Waals surface area contributed by atoms with Crippen LogP contribution in [0.25, 0.3) is 0 Å². The summed E-state index contributed by atoms with van der Waals surface area (Å²) in [6, 6.07) is 9.52. The number of aliphatic imine (C=N–C) groups is 1. The summed E-state index contributed by atoms with van der Waals surface area (Å²) in [5.41, 5.74) is 0.915. The number of hydrogen-bond acceptors (Lipinski definition) is 5. The molecule has 0 saturated heterocycles. The van der Waals surface area contributed by atoms with Gasteiger partial charge >= 0.3 is 0 Å². The average Bonchev–Trinajstić information content (AvgIpc) is 2.55. The van der Waals surface area contributed by atoms with E-state index in [0.29, 0.717) is 5.04 Å². The highest BCUT2D eigenvalue weighted by Gasteiger charge is 2.42. The summed E-state index contributed by atoms with van der Waals surface area (Å²) in [6.07, 6.45) is 0. The van der Waals surface area contributed by atoms with Crippen molar-refractivity contribution in [2.45, 2.75) is 18.7 Å². The van der Waals surface area contributed by atoms with Crippen LogP contribution in [0.1, 0.15) is 19.4 Å². The zero-order chi connectivity index (χ0) is 12.5. The van der Waals surface area contributed by atoms with Crippen LogP contribution in [0.5, 0.6) is 0 Å². The Morgan fingerprint density at radius 3 is 2.59 bits per heavy atom. The summed E-state index contributed by atoms with van der Waals surface area (Å²) in [6.45, 7) is 3.13. The summed E-state index contributed by atoms with van der Waals surface area (Å²) in [4.78, 5) is 26.4. The minimum absolute atomic E-state index is 0.0865. The minimum Gasteiger partial charge on any atom is -0.287 e. The molecule has 0 N–H and O–H groups in total. The average molecular weight is 265 g/mol. The van der Waals surface area contributed by atoms with E-state index >= 15 is 0 Å². The normalized spacial score (nSPS) is 23.6. The minimum atomic E-state index is -0.971. The molecule has 0 bridgehead atoms. The van der Waals surface area contributed by atoms with Crippen molar-refractivity contribution >= 4 is 38.8 Å². The van der Waals surface area contributed by atoms with Crippen molar-refractivity contribution in [1.82, 2.24) is 0 Å². The van der Waals surface area contributed by atoms with Gasteiger partial charge in [0, 0.05) is 12.5 Å². The molecule has 1 heterocycles. The molecule has 1 aromatic rings. The van der Waals surface area contributed by atoms with Gasteiger partial charge in [0.1, 0.15) is 5.04 Å². The first-order valence-electron chi connectivity index (χ1n) is 5.08. The van der Waals surface area contributed by atoms with E-state index in [2.05, 4.69) is 4.99 Å². The van der Waals surface area contributed by atoms with E-state index in [-0.39, 0.29) is 10.2 Å². The van der Waals surface area contributed by atoms with Crippen molar-refractivity contribution in [3.63, 3.8) is 0 Å². The predicted molar refractivity (Wildman–Crippen MR) is 72.3 cm³/mol. The smallest absolute Gasteiger partial charge is 0.233 e. The summed E-state index contributed by atoms with van der Waals surface area (Å²) in [7, 11) is 0. The van der Waals surface area contributed by atoms with Gasteiger partial charge in [0.2, 0.25) is 5.12 Å². The molecule has 1 aliphatic rings. The van der Waals surface area contributed by atoms with E-state index in [1.165, 1.54) is 6.92 Å². The lowest BCUT2D eigenvalue weighted by molar-refractivity contribution is -0.113.